The van der Waals surface area contributed by atoms with E-state index in [-0.39, 0.29) is 0 Å². The second kappa shape index (κ2) is 11.9. The number of nitrogens with one attached hydrogen (secondary N) is 2. The van der Waals surface area contributed by atoms with Crippen LogP contribution < -0.4 is 10.6 Å². The zero-order valence-electron chi connectivity index (χ0n) is 20.8. The highest BCUT2D eigenvalue weighted by molar-refractivity contribution is 7.80. The number of piperidine rings is 1. The number of hydrogen-bond acceptors (Lipinski definition) is 3. The van der Waals surface area contributed by atoms with Gasteiger partial charge in [-0.2, -0.15) is 4.99 Å². The van der Waals surface area contributed by atoms with Crippen LogP contribution in [-0.2, 0) is 12.8 Å². The first-order chi connectivity index (χ1) is 17.0. The Morgan fingerprint density at radius 2 is 1.63 bits per heavy atom. The van der Waals surface area contributed by atoms with Crippen molar-refractivity contribution in [1.82, 2.24) is 14.9 Å². The molecule has 1 fully saturated rings. The van der Waals surface area contributed by atoms with Crippen LogP contribution in [0.15, 0.2) is 65.7 Å². The average molecular weight is 487 g/mol. The van der Waals surface area contributed by atoms with Gasteiger partial charge in [0.2, 0.25) is 17.0 Å². The molecule has 0 amide bonds. The van der Waals surface area contributed by atoms with Crippen molar-refractivity contribution in [3.05, 3.63) is 83.2 Å². The van der Waals surface area contributed by atoms with E-state index in [0.29, 0.717) is 22.9 Å². The van der Waals surface area contributed by atoms with Gasteiger partial charge in [0.25, 0.3) is 0 Å². The molecule has 1 aromatic heterocycles. The fourth-order valence-electron chi connectivity index (χ4n) is 4.55. The van der Waals surface area contributed by atoms with Crippen LogP contribution in [0.1, 0.15) is 42.3 Å². The summed E-state index contributed by atoms with van der Waals surface area (Å²) in [4.78, 5) is 16.2. The number of benzene rings is 2. The highest BCUT2D eigenvalue weighted by Gasteiger charge is 2.23. The summed E-state index contributed by atoms with van der Waals surface area (Å²) in [5, 5.41) is 7.10. The van der Waals surface area contributed by atoms with E-state index in [2.05, 4.69) is 68.8 Å². The standard InChI is InChI=1S/C28H34N6S/c1-4-24-12-8-9-13-25(24)31-28(35)33-27(32-26-29-20(2)18-21(3)30-26)34-16-14-23(15-17-34)19-22-10-6-5-7-11-22/h5-13,18,23H,4,14-17,19H2,1-3H3,(H2,29,30,31,32,33,35). The lowest BCUT2D eigenvalue weighted by atomic mass is 9.90. The van der Waals surface area contributed by atoms with Crippen LogP contribution in [0.5, 0.6) is 0 Å². The van der Waals surface area contributed by atoms with Crippen LogP contribution in [0.25, 0.3) is 0 Å². The van der Waals surface area contributed by atoms with Crippen molar-refractivity contribution < 1.29 is 0 Å². The SMILES string of the molecule is CCc1ccccc1NC(=S)/N=C(/Nc1nc(C)cc(C)n1)N1CCC(Cc2ccccc2)CC1. The van der Waals surface area contributed by atoms with Gasteiger partial charge in [-0.15, -0.1) is 0 Å². The predicted octanol–water partition coefficient (Wildman–Crippen LogP) is 5.78. The topological polar surface area (TPSA) is 65.4 Å². The van der Waals surface area contributed by atoms with Gasteiger partial charge >= 0.3 is 0 Å². The summed E-state index contributed by atoms with van der Waals surface area (Å²) >= 11 is 5.66. The minimum Gasteiger partial charge on any atom is -0.342 e. The summed E-state index contributed by atoms with van der Waals surface area (Å²) in [5.74, 6) is 1.90. The first kappa shape index (κ1) is 24.8. The summed E-state index contributed by atoms with van der Waals surface area (Å²) in [6.07, 6.45) is 4.23. The van der Waals surface area contributed by atoms with Crippen LogP contribution in [0.3, 0.4) is 0 Å². The number of hydrogen-bond donors (Lipinski definition) is 2. The predicted molar refractivity (Wildman–Crippen MR) is 149 cm³/mol. The van der Waals surface area contributed by atoms with E-state index >= 15 is 0 Å². The molecule has 2 heterocycles. The van der Waals surface area contributed by atoms with Gasteiger partial charge in [0.05, 0.1) is 0 Å². The summed E-state index contributed by atoms with van der Waals surface area (Å²) in [6, 6.07) is 20.9. The van der Waals surface area contributed by atoms with Crippen LogP contribution in [0, 0.1) is 19.8 Å². The van der Waals surface area contributed by atoms with E-state index in [0.717, 1.165) is 55.8 Å². The van der Waals surface area contributed by atoms with E-state index in [1.54, 1.807) is 0 Å². The molecule has 0 unspecified atom stereocenters. The lowest BCUT2D eigenvalue weighted by Gasteiger charge is -2.34. The Hall–Kier alpha value is -3.32. The molecule has 2 N–H and O–H groups in total. The van der Waals surface area contributed by atoms with Crippen molar-refractivity contribution in [3.8, 4) is 0 Å². The molecule has 0 saturated carbocycles. The van der Waals surface area contributed by atoms with Crippen molar-refractivity contribution in [3.63, 3.8) is 0 Å². The zero-order valence-corrected chi connectivity index (χ0v) is 21.6. The van der Waals surface area contributed by atoms with Crippen molar-refractivity contribution in [1.29, 1.82) is 0 Å². The number of aryl methyl sites for hydroxylation is 3. The van der Waals surface area contributed by atoms with Crippen LogP contribution in [0.4, 0.5) is 11.6 Å². The Morgan fingerprint density at radius 1 is 0.971 bits per heavy atom. The molecular weight excluding hydrogens is 452 g/mol. The molecule has 6 nitrogen and oxygen atoms in total. The van der Waals surface area contributed by atoms with E-state index in [4.69, 9.17) is 17.2 Å². The van der Waals surface area contributed by atoms with Gasteiger partial charge in [0.15, 0.2) is 0 Å². The maximum absolute atomic E-state index is 5.66. The molecule has 1 aliphatic heterocycles. The van der Waals surface area contributed by atoms with Gasteiger partial charge in [0.1, 0.15) is 0 Å². The minimum absolute atomic E-state index is 0.421. The number of aromatic nitrogens is 2. The number of aliphatic imine (C=N–C) groups is 1. The third kappa shape index (κ3) is 7.09. The van der Waals surface area contributed by atoms with Gasteiger partial charge in [-0.1, -0.05) is 55.5 Å². The average Bonchev–Trinajstić information content (AvgIpc) is 2.84. The molecule has 4 rings (SSSR count). The summed E-state index contributed by atoms with van der Waals surface area (Å²) < 4.78 is 0. The van der Waals surface area contributed by atoms with Gasteiger partial charge in [0, 0.05) is 30.2 Å². The smallest absolute Gasteiger partial charge is 0.229 e. The van der Waals surface area contributed by atoms with E-state index in [1.807, 2.05) is 38.1 Å². The monoisotopic (exact) mass is 486 g/mol. The first-order valence-corrected chi connectivity index (χ1v) is 12.8. The molecule has 1 saturated heterocycles. The second-order valence-corrected chi connectivity index (χ2v) is 9.48. The van der Waals surface area contributed by atoms with Crippen molar-refractivity contribution in [2.45, 2.75) is 46.5 Å². The van der Waals surface area contributed by atoms with Gasteiger partial charge in [-0.25, -0.2) is 9.97 Å². The molecule has 1 aliphatic rings. The molecule has 0 radical (unpaired) electrons. The summed E-state index contributed by atoms with van der Waals surface area (Å²) in [7, 11) is 0. The molecule has 0 bridgehead atoms. The number of thiocarbonyl (C=S) groups is 1. The molecule has 2 aromatic carbocycles. The number of likely N-dealkylation sites (tertiary alicyclic amines) is 1. The number of rotatable bonds is 5. The maximum atomic E-state index is 5.66. The zero-order chi connectivity index (χ0) is 24.6. The normalized spacial score (nSPS) is 14.6. The number of anilines is 2. The minimum atomic E-state index is 0.421. The van der Waals surface area contributed by atoms with E-state index < -0.39 is 0 Å². The molecule has 0 atom stereocenters. The second-order valence-electron chi connectivity index (χ2n) is 9.10. The maximum Gasteiger partial charge on any atom is 0.229 e. The molecule has 0 spiro atoms. The third-order valence-electron chi connectivity index (χ3n) is 6.33. The largest absolute Gasteiger partial charge is 0.342 e. The molecule has 7 heteroatoms. The Morgan fingerprint density at radius 3 is 2.31 bits per heavy atom. The van der Waals surface area contributed by atoms with E-state index in [9.17, 15) is 0 Å². The van der Waals surface area contributed by atoms with Crippen molar-refractivity contribution in [2.75, 3.05) is 23.7 Å². The molecule has 35 heavy (non-hydrogen) atoms. The van der Waals surface area contributed by atoms with Crippen LogP contribution in [-0.4, -0.2) is 39.0 Å². The fourth-order valence-corrected chi connectivity index (χ4v) is 4.74. The lowest BCUT2D eigenvalue weighted by molar-refractivity contribution is 0.265. The Kier molecular flexibility index (Phi) is 8.42. The Labute approximate surface area is 213 Å². The van der Waals surface area contributed by atoms with Crippen molar-refractivity contribution in [2.24, 2.45) is 10.9 Å². The number of para-hydroxylation sites is 1. The fraction of sp³-hybridized carbons (Fsp3) is 0.357. The van der Waals surface area contributed by atoms with Gasteiger partial charge in [-0.3, -0.25) is 5.32 Å². The quantitative estimate of drug-likeness (QED) is 0.271. The molecule has 182 valence electrons. The third-order valence-corrected chi connectivity index (χ3v) is 6.53. The summed E-state index contributed by atoms with van der Waals surface area (Å²) in [5.41, 5.74) is 5.44. The summed E-state index contributed by atoms with van der Waals surface area (Å²) in [6.45, 7) is 7.89. The number of guanidine groups is 1. The Balaban J connectivity index is 1.50. The van der Waals surface area contributed by atoms with Gasteiger partial charge < -0.3 is 10.2 Å². The van der Waals surface area contributed by atoms with Crippen molar-refractivity contribution >= 4 is 34.9 Å². The first-order valence-electron chi connectivity index (χ1n) is 12.4. The molecule has 3 aromatic rings. The lowest BCUT2D eigenvalue weighted by Crippen LogP contribution is -2.43. The van der Waals surface area contributed by atoms with Gasteiger partial charge in [-0.05, 0) is 80.9 Å². The highest BCUT2D eigenvalue weighted by atomic mass is 32.1. The Bertz CT molecular complexity index is 1150. The van der Waals surface area contributed by atoms with E-state index in [1.165, 1.54) is 11.1 Å². The molecule has 0 aliphatic carbocycles. The van der Waals surface area contributed by atoms with Crippen LogP contribution >= 0.6 is 12.2 Å². The highest BCUT2D eigenvalue weighted by Crippen LogP contribution is 2.23. The molecular formula is C28H34N6S. The number of nitrogens with zero attached hydrogens (tertiary/aromatic N) is 4. The van der Waals surface area contributed by atoms with Crippen LogP contribution in [0.2, 0.25) is 0 Å².